The summed E-state index contributed by atoms with van der Waals surface area (Å²) >= 11 is 0. The van der Waals surface area contributed by atoms with Crippen LogP contribution in [0.2, 0.25) is 0 Å². The summed E-state index contributed by atoms with van der Waals surface area (Å²) in [6.45, 7) is 0. The number of hydrogen-bond donors (Lipinski definition) is 1. The van der Waals surface area contributed by atoms with Gasteiger partial charge in [0.05, 0.1) is 0 Å². The largest absolute Gasteiger partial charge is 0.360 e. The Bertz CT molecular complexity index is 164. The number of hydrogen-bond acceptors (Lipinski definition) is 3. The zero-order valence-corrected chi connectivity index (χ0v) is 7.11. The molecule has 36 valence electrons. The van der Waals surface area contributed by atoms with Gasteiger partial charge in [0.2, 0.25) is 5.40 Å². The van der Waals surface area contributed by atoms with Crippen LogP contribution in [0.15, 0.2) is 0 Å². The molecular weight excluding hydrogens is 171 g/mol. The number of nitriles is 1. The van der Waals surface area contributed by atoms with Gasteiger partial charge in [0.25, 0.3) is 0 Å². The van der Waals surface area contributed by atoms with Gasteiger partial charge in [-0.05, 0) is 0 Å². The van der Waals surface area contributed by atoms with Crippen LogP contribution in [0.5, 0.6) is 0 Å². The predicted molar refractivity (Wildman–Crippen MR) is 17.2 cm³/mol. The normalized spacial score (nSPS) is 8.57. The van der Waals surface area contributed by atoms with Crippen LogP contribution in [-0.4, -0.2) is 13.0 Å². The fourth-order valence-electron chi connectivity index (χ4n) is 0. The summed E-state index contributed by atoms with van der Waals surface area (Å²) in [4.78, 5) is 0. The van der Waals surface area contributed by atoms with Crippen molar-refractivity contribution in [3.63, 3.8) is 0 Å². The fourth-order valence-corrected chi connectivity index (χ4v) is 0. The topological polar surface area (TPSA) is 78.2 Å². The van der Waals surface area contributed by atoms with Gasteiger partial charge in [0.15, 0.2) is 0 Å². The zero-order chi connectivity index (χ0) is 5.21. The second kappa shape index (κ2) is 3.08. The second-order valence-electron chi connectivity index (χ2n) is 0.566. The Kier molecular flexibility index (Phi) is 4.45. The van der Waals surface area contributed by atoms with Crippen LogP contribution in [0.25, 0.3) is 0 Å². The summed E-state index contributed by atoms with van der Waals surface area (Å²) in [5, 5.41) is 7.95. The van der Waals surface area contributed by atoms with Crippen LogP contribution in [-0.2, 0) is 29.6 Å². The molecule has 0 spiro atoms. The van der Waals surface area contributed by atoms with E-state index in [2.05, 4.69) is 0 Å². The maximum Gasteiger partial charge on any atom is 0.360 e. The summed E-state index contributed by atoms with van der Waals surface area (Å²) in [7, 11) is -4.36. The number of rotatable bonds is 0. The first-order valence-corrected chi connectivity index (χ1v) is 2.38. The van der Waals surface area contributed by atoms with Crippen molar-refractivity contribution >= 4 is 10.1 Å². The van der Waals surface area contributed by atoms with Crippen molar-refractivity contribution in [3.8, 4) is 5.40 Å². The minimum absolute atomic E-state index is 0. The number of nitrogens with zero attached hydrogens (tertiary/aromatic N) is 1. The van der Waals surface area contributed by atoms with Crippen molar-refractivity contribution < 1.29 is 32.4 Å². The van der Waals surface area contributed by atoms with Gasteiger partial charge in [-0.1, -0.05) is 0 Å². The van der Waals surface area contributed by atoms with Gasteiger partial charge < -0.3 is 0 Å². The molecule has 4 nitrogen and oxygen atoms in total. The standard InChI is InChI=1S/CHNO3S.Zn/c2-1-6(3,4)5;/h(H,3,4,5);. The second-order valence-corrected chi connectivity index (χ2v) is 1.70. The van der Waals surface area contributed by atoms with E-state index in [1.807, 2.05) is 0 Å². The van der Waals surface area contributed by atoms with Crippen LogP contribution < -0.4 is 0 Å². The molecule has 0 aliphatic carbocycles. The minimum Gasteiger partial charge on any atom is -0.274 e. The molecule has 0 aliphatic rings. The molecule has 0 unspecified atom stereocenters. The van der Waals surface area contributed by atoms with Gasteiger partial charge in [-0.15, -0.1) is 0 Å². The maximum atomic E-state index is 9.19. The molecule has 0 saturated heterocycles. The van der Waals surface area contributed by atoms with Crippen molar-refractivity contribution in [2.45, 2.75) is 0 Å². The van der Waals surface area contributed by atoms with Crippen molar-refractivity contribution in [2.24, 2.45) is 0 Å². The third-order valence-electron chi connectivity index (χ3n) is 0.115. The van der Waals surface area contributed by atoms with E-state index in [0.29, 0.717) is 5.40 Å². The molecule has 0 saturated carbocycles. The van der Waals surface area contributed by atoms with Crippen molar-refractivity contribution in [1.29, 1.82) is 5.26 Å². The first-order chi connectivity index (χ1) is 2.56. The monoisotopic (exact) mass is 171 g/mol. The Hall–Kier alpha value is 0.0234. The van der Waals surface area contributed by atoms with Crippen LogP contribution in [0, 0.1) is 10.7 Å². The molecular formula is CHNO3SZn. The third-order valence-corrected chi connectivity index (χ3v) is 0.346. The SMILES string of the molecule is N#CS(=O)(=O)O.[Zn]. The fraction of sp³-hybridized carbons (Fsp3) is 0. The summed E-state index contributed by atoms with van der Waals surface area (Å²) in [6, 6.07) is 0. The molecule has 1 N–H and O–H groups in total. The molecule has 0 aromatic rings. The van der Waals surface area contributed by atoms with Gasteiger partial charge in [-0.25, -0.2) is 0 Å². The molecule has 0 aliphatic heterocycles. The zero-order valence-electron chi connectivity index (χ0n) is 3.33. The van der Waals surface area contributed by atoms with E-state index in [4.69, 9.17) is 9.81 Å². The molecule has 7 heavy (non-hydrogen) atoms. The van der Waals surface area contributed by atoms with E-state index >= 15 is 0 Å². The molecule has 0 aromatic heterocycles. The summed E-state index contributed by atoms with van der Waals surface area (Å²) in [5.41, 5.74) is 0. The molecule has 0 heterocycles. The summed E-state index contributed by atoms with van der Waals surface area (Å²) < 4.78 is 25.8. The first-order valence-electron chi connectivity index (χ1n) is 0.944. The average molecular weight is 172 g/mol. The van der Waals surface area contributed by atoms with E-state index in [9.17, 15) is 8.42 Å². The third kappa shape index (κ3) is 10.7. The predicted octanol–water partition coefficient (Wildman–Crippen LogP) is -0.647. The van der Waals surface area contributed by atoms with E-state index < -0.39 is 10.1 Å². The average Bonchev–Trinajstić information content (AvgIpc) is 1.35. The molecule has 0 fully saturated rings. The van der Waals surface area contributed by atoms with E-state index in [1.165, 1.54) is 0 Å². The van der Waals surface area contributed by atoms with E-state index in [1.54, 1.807) is 0 Å². The molecule has 6 heteroatoms. The Balaban J connectivity index is 0. The van der Waals surface area contributed by atoms with Gasteiger partial charge in [-0.3, -0.25) is 4.55 Å². The van der Waals surface area contributed by atoms with Crippen molar-refractivity contribution in [3.05, 3.63) is 0 Å². The van der Waals surface area contributed by atoms with Gasteiger partial charge in [-0.2, -0.15) is 13.7 Å². The van der Waals surface area contributed by atoms with Crippen LogP contribution >= 0.6 is 0 Å². The molecule has 0 bridgehead atoms. The molecule has 0 amide bonds. The molecule has 0 rings (SSSR count). The molecule has 0 atom stereocenters. The van der Waals surface area contributed by atoms with E-state index in [0.717, 1.165) is 0 Å². The molecule has 0 aromatic carbocycles. The Morgan fingerprint density at radius 1 is 1.57 bits per heavy atom. The van der Waals surface area contributed by atoms with Crippen LogP contribution in [0.3, 0.4) is 0 Å². The first kappa shape index (κ1) is 10.1. The van der Waals surface area contributed by atoms with E-state index in [-0.39, 0.29) is 19.5 Å². The van der Waals surface area contributed by atoms with Gasteiger partial charge in [0.1, 0.15) is 0 Å². The molecule has 0 radical (unpaired) electrons. The Morgan fingerprint density at radius 3 is 1.71 bits per heavy atom. The van der Waals surface area contributed by atoms with Gasteiger partial charge >= 0.3 is 10.1 Å². The quantitative estimate of drug-likeness (QED) is 0.228. The minimum atomic E-state index is -4.36. The Morgan fingerprint density at radius 2 is 1.71 bits per heavy atom. The smallest absolute Gasteiger partial charge is 0.274 e. The van der Waals surface area contributed by atoms with Crippen LogP contribution in [0.1, 0.15) is 0 Å². The van der Waals surface area contributed by atoms with Crippen LogP contribution in [0.4, 0.5) is 0 Å². The maximum absolute atomic E-state index is 9.19. The van der Waals surface area contributed by atoms with Crippen molar-refractivity contribution in [1.82, 2.24) is 0 Å². The van der Waals surface area contributed by atoms with Gasteiger partial charge in [0, 0.05) is 19.5 Å². The number of thiocyanates is 1. The van der Waals surface area contributed by atoms with Crippen molar-refractivity contribution in [2.75, 3.05) is 0 Å². The Labute approximate surface area is 53.6 Å². The summed E-state index contributed by atoms with van der Waals surface area (Å²) in [6.07, 6.45) is 0. The summed E-state index contributed by atoms with van der Waals surface area (Å²) in [5.74, 6) is 0.